The van der Waals surface area contributed by atoms with Gasteiger partial charge in [-0.2, -0.15) is 0 Å². The highest BCUT2D eigenvalue weighted by Gasteiger charge is 2.10. The first-order chi connectivity index (χ1) is 11.0. The third-order valence-electron chi connectivity index (χ3n) is 3.64. The van der Waals surface area contributed by atoms with Gasteiger partial charge in [0.25, 0.3) is 0 Å². The normalized spacial score (nSPS) is 10.6. The quantitative estimate of drug-likeness (QED) is 0.503. The highest BCUT2D eigenvalue weighted by molar-refractivity contribution is 6.30. The number of aryl methyl sites for hydroxylation is 2. The van der Waals surface area contributed by atoms with Gasteiger partial charge in [0.2, 0.25) is 0 Å². The summed E-state index contributed by atoms with van der Waals surface area (Å²) in [4.78, 5) is 12.1. The molecule has 0 saturated heterocycles. The molecule has 0 aliphatic carbocycles. The fourth-order valence-electron chi connectivity index (χ4n) is 2.52. The van der Waals surface area contributed by atoms with Gasteiger partial charge < -0.3 is 9.30 Å². The Morgan fingerprint density at radius 2 is 1.61 bits per heavy atom. The van der Waals surface area contributed by atoms with Crippen LogP contribution in [0.15, 0.2) is 60.7 Å². The number of nitrogens with zero attached hydrogens (tertiary/aromatic N) is 1. The zero-order chi connectivity index (χ0) is 16.4. The average molecular weight is 326 g/mol. The Bertz CT molecular complexity index is 831. The van der Waals surface area contributed by atoms with E-state index in [0.717, 1.165) is 17.1 Å². The molecular weight excluding hydrogens is 310 g/mol. The molecule has 2 aromatic carbocycles. The second-order valence-corrected chi connectivity index (χ2v) is 5.78. The Morgan fingerprint density at radius 1 is 0.957 bits per heavy atom. The molecule has 0 fully saturated rings. The first-order valence-corrected chi connectivity index (χ1v) is 7.65. The van der Waals surface area contributed by atoms with E-state index in [9.17, 15) is 4.79 Å². The van der Waals surface area contributed by atoms with Crippen molar-refractivity contribution in [2.24, 2.45) is 0 Å². The van der Waals surface area contributed by atoms with Gasteiger partial charge in [0.05, 0.1) is 5.56 Å². The van der Waals surface area contributed by atoms with E-state index in [1.807, 2.05) is 12.1 Å². The first kappa shape index (κ1) is 15.4. The molecule has 3 aromatic rings. The van der Waals surface area contributed by atoms with Crippen molar-refractivity contribution in [3.63, 3.8) is 0 Å². The largest absolute Gasteiger partial charge is 0.423 e. The van der Waals surface area contributed by atoms with Crippen LogP contribution in [0.3, 0.4) is 0 Å². The number of rotatable bonds is 3. The van der Waals surface area contributed by atoms with Crippen LogP contribution in [0.2, 0.25) is 5.02 Å². The number of esters is 1. The molecule has 0 aliphatic rings. The molecule has 0 aliphatic heterocycles. The second kappa shape index (κ2) is 6.31. The number of aromatic nitrogens is 1. The third kappa shape index (κ3) is 3.30. The summed E-state index contributed by atoms with van der Waals surface area (Å²) in [6, 6.07) is 18.3. The minimum Gasteiger partial charge on any atom is -0.423 e. The number of hydrogen-bond donors (Lipinski definition) is 0. The van der Waals surface area contributed by atoms with Gasteiger partial charge in [0.1, 0.15) is 5.75 Å². The molecule has 0 saturated carbocycles. The number of carbonyl (C=O) groups excluding carboxylic acids is 1. The summed E-state index contributed by atoms with van der Waals surface area (Å²) in [6.45, 7) is 4.11. The van der Waals surface area contributed by atoms with E-state index >= 15 is 0 Å². The van der Waals surface area contributed by atoms with Crippen LogP contribution in [0.25, 0.3) is 5.69 Å². The highest BCUT2D eigenvalue weighted by Crippen LogP contribution is 2.21. The summed E-state index contributed by atoms with van der Waals surface area (Å²) in [5.41, 5.74) is 3.78. The molecule has 0 atom stereocenters. The van der Waals surface area contributed by atoms with Crippen molar-refractivity contribution >= 4 is 17.6 Å². The van der Waals surface area contributed by atoms with Crippen LogP contribution in [0, 0.1) is 13.8 Å². The standard InChI is InChI=1S/C19H16ClNO2/c1-13-6-7-14(2)21(13)17-8-10-18(11-9-17)23-19(22)15-4-3-5-16(20)12-15/h3-12H,1-2H3. The van der Waals surface area contributed by atoms with Crippen molar-refractivity contribution in [2.75, 3.05) is 0 Å². The van der Waals surface area contributed by atoms with Gasteiger partial charge in [-0.15, -0.1) is 0 Å². The molecule has 116 valence electrons. The van der Waals surface area contributed by atoms with Crippen LogP contribution < -0.4 is 4.74 Å². The van der Waals surface area contributed by atoms with Gasteiger partial charge in [-0.05, 0) is 68.4 Å². The Kier molecular flexibility index (Phi) is 4.22. The molecule has 0 amide bonds. The second-order valence-electron chi connectivity index (χ2n) is 5.35. The maximum Gasteiger partial charge on any atom is 0.343 e. The molecule has 3 nitrogen and oxygen atoms in total. The highest BCUT2D eigenvalue weighted by atomic mass is 35.5. The molecule has 4 heteroatoms. The summed E-state index contributed by atoms with van der Waals surface area (Å²) in [7, 11) is 0. The lowest BCUT2D eigenvalue weighted by Gasteiger charge is -2.10. The van der Waals surface area contributed by atoms with Gasteiger partial charge in [0, 0.05) is 22.1 Å². The van der Waals surface area contributed by atoms with Gasteiger partial charge >= 0.3 is 5.97 Å². The summed E-state index contributed by atoms with van der Waals surface area (Å²) in [5, 5.41) is 0.508. The number of benzene rings is 2. The van der Waals surface area contributed by atoms with E-state index in [-0.39, 0.29) is 0 Å². The topological polar surface area (TPSA) is 31.2 Å². The maximum atomic E-state index is 12.1. The Hall–Kier alpha value is -2.52. The van der Waals surface area contributed by atoms with Crippen molar-refractivity contribution in [2.45, 2.75) is 13.8 Å². The summed E-state index contributed by atoms with van der Waals surface area (Å²) in [5.74, 6) is 0.0785. The minimum atomic E-state index is -0.423. The van der Waals surface area contributed by atoms with E-state index in [1.54, 1.807) is 36.4 Å². The molecule has 0 bridgehead atoms. The fourth-order valence-corrected chi connectivity index (χ4v) is 2.71. The first-order valence-electron chi connectivity index (χ1n) is 7.28. The summed E-state index contributed by atoms with van der Waals surface area (Å²) < 4.78 is 7.52. The third-order valence-corrected chi connectivity index (χ3v) is 3.87. The molecule has 1 heterocycles. The van der Waals surface area contributed by atoms with Gasteiger partial charge in [-0.3, -0.25) is 0 Å². The van der Waals surface area contributed by atoms with Crippen molar-refractivity contribution < 1.29 is 9.53 Å². The number of ether oxygens (including phenoxy) is 1. The monoisotopic (exact) mass is 325 g/mol. The van der Waals surface area contributed by atoms with E-state index in [0.29, 0.717) is 16.3 Å². The number of hydrogen-bond acceptors (Lipinski definition) is 2. The van der Waals surface area contributed by atoms with Crippen LogP contribution in [0.1, 0.15) is 21.7 Å². The van der Waals surface area contributed by atoms with Crippen molar-refractivity contribution in [3.05, 3.63) is 82.6 Å². The van der Waals surface area contributed by atoms with Crippen LogP contribution >= 0.6 is 11.6 Å². The van der Waals surface area contributed by atoms with E-state index in [2.05, 4.69) is 30.5 Å². The van der Waals surface area contributed by atoms with E-state index in [4.69, 9.17) is 16.3 Å². The van der Waals surface area contributed by atoms with E-state index < -0.39 is 5.97 Å². The van der Waals surface area contributed by atoms with Crippen LogP contribution in [-0.2, 0) is 0 Å². The molecular formula is C19H16ClNO2. The number of carbonyl (C=O) groups is 1. The number of halogens is 1. The van der Waals surface area contributed by atoms with Gasteiger partial charge in [-0.1, -0.05) is 17.7 Å². The smallest absolute Gasteiger partial charge is 0.343 e. The van der Waals surface area contributed by atoms with Gasteiger partial charge in [-0.25, -0.2) is 4.79 Å². The molecule has 3 rings (SSSR count). The van der Waals surface area contributed by atoms with Gasteiger partial charge in [0.15, 0.2) is 0 Å². The summed E-state index contributed by atoms with van der Waals surface area (Å²) >= 11 is 5.89. The minimum absolute atomic E-state index is 0.423. The zero-order valence-corrected chi connectivity index (χ0v) is 13.7. The van der Waals surface area contributed by atoms with Crippen molar-refractivity contribution in [3.8, 4) is 11.4 Å². The molecule has 0 N–H and O–H groups in total. The Balaban J connectivity index is 1.79. The molecule has 23 heavy (non-hydrogen) atoms. The molecule has 0 radical (unpaired) electrons. The van der Waals surface area contributed by atoms with Crippen LogP contribution in [0.4, 0.5) is 0 Å². The van der Waals surface area contributed by atoms with E-state index in [1.165, 1.54) is 0 Å². The molecule has 0 unspecified atom stereocenters. The average Bonchev–Trinajstić information content (AvgIpc) is 2.87. The molecule has 0 spiro atoms. The fraction of sp³-hybridized carbons (Fsp3) is 0.105. The van der Waals surface area contributed by atoms with Crippen molar-refractivity contribution in [1.29, 1.82) is 0 Å². The predicted molar refractivity (Wildman–Crippen MR) is 91.7 cm³/mol. The van der Waals surface area contributed by atoms with Crippen molar-refractivity contribution in [1.82, 2.24) is 4.57 Å². The summed E-state index contributed by atoms with van der Waals surface area (Å²) in [6.07, 6.45) is 0. The predicted octanol–water partition coefficient (Wildman–Crippen LogP) is 4.97. The maximum absolute atomic E-state index is 12.1. The van der Waals surface area contributed by atoms with Crippen LogP contribution in [0.5, 0.6) is 5.75 Å². The lowest BCUT2D eigenvalue weighted by Crippen LogP contribution is -2.08. The Morgan fingerprint density at radius 3 is 2.22 bits per heavy atom. The SMILES string of the molecule is Cc1ccc(C)n1-c1ccc(OC(=O)c2cccc(Cl)c2)cc1. The van der Waals surface area contributed by atoms with Crippen LogP contribution in [-0.4, -0.2) is 10.5 Å². The lowest BCUT2D eigenvalue weighted by atomic mass is 10.2. The molecule has 1 aromatic heterocycles. The lowest BCUT2D eigenvalue weighted by molar-refractivity contribution is 0.0734. The zero-order valence-electron chi connectivity index (χ0n) is 12.9. The Labute approximate surface area is 140 Å².